The Bertz CT molecular complexity index is 954. The summed E-state index contributed by atoms with van der Waals surface area (Å²) < 4.78 is 11.2. The Kier molecular flexibility index (Phi) is 43.6. The average Bonchev–Trinajstić information content (AvgIpc) is 3.16. The van der Waals surface area contributed by atoms with E-state index < -0.39 is 6.10 Å². The van der Waals surface area contributed by atoms with Crippen LogP contribution in [0.25, 0.3) is 0 Å². The molecule has 0 radical (unpaired) electrons. The number of rotatable bonds is 40. The first-order chi connectivity index (χ1) is 26.2. The molecule has 0 spiro atoms. The number of aliphatic hydroxyl groups excluding tert-OH is 1. The van der Waals surface area contributed by atoms with Crippen LogP contribution in [0, 0.1) is 0 Å². The number of esters is 1. The van der Waals surface area contributed by atoms with E-state index in [1.165, 1.54) is 96.3 Å². The molecule has 0 saturated heterocycles. The fourth-order valence-corrected chi connectivity index (χ4v) is 5.91. The van der Waals surface area contributed by atoms with Crippen molar-refractivity contribution in [2.75, 3.05) is 19.8 Å². The van der Waals surface area contributed by atoms with Crippen LogP contribution in [-0.4, -0.2) is 37.0 Å². The summed E-state index contributed by atoms with van der Waals surface area (Å²) in [7, 11) is 0. The van der Waals surface area contributed by atoms with E-state index in [0.717, 1.165) is 77.0 Å². The highest BCUT2D eigenvalue weighted by Gasteiger charge is 2.13. The lowest BCUT2D eigenvalue weighted by atomic mass is 10.1. The zero-order valence-corrected chi connectivity index (χ0v) is 34.8. The minimum atomic E-state index is -0.553. The highest BCUT2D eigenvalue weighted by Crippen LogP contribution is 2.12. The second-order valence-electron chi connectivity index (χ2n) is 14.4. The van der Waals surface area contributed by atoms with Crippen molar-refractivity contribution in [3.8, 4) is 0 Å². The molecule has 4 heteroatoms. The Morgan fingerprint density at radius 1 is 0.472 bits per heavy atom. The van der Waals surface area contributed by atoms with Crippen molar-refractivity contribution >= 4 is 5.97 Å². The third-order valence-electron chi connectivity index (χ3n) is 9.20. The summed E-state index contributed by atoms with van der Waals surface area (Å²) in [6.07, 6.45) is 63.5. The quantitative estimate of drug-likeness (QED) is 0.0387. The highest BCUT2D eigenvalue weighted by molar-refractivity contribution is 5.69. The number of ether oxygens (including phenoxy) is 2. The van der Waals surface area contributed by atoms with Crippen LogP contribution in [0.1, 0.15) is 194 Å². The van der Waals surface area contributed by atoms with E-state index in [0.29, 0.717) is 13.0 Å². The van der Waals surface area contributed by atoms with Gasteiger partial charge in [-0.05, 0) is 89.9 Å². The van der Waals surface area contributed by atoms with Gasteiger partial charge < -0.3 is 14.6 Å². The van der Waals surface area contributed by atoms with Gasteiger partial charge in [0.05, 0.1) is 13.2 Å². The molecule has 0 aromatic heterocycles. The third kappa shape index (κ3) is 43.9. The minimum absolute atomic E-state index is 0.186. The summed E-state index contributed by atoms with van der Waals surface area (Å²) >= 11 is 0. The summed E-state index contributed by atoms with van der Waals surface area (Å²) in [6, 6.07) is 0. The van der Waals surface area contributed by atoms with Crippen LogP contribution >= 0.6 is 0 Å². The lowest BCUT2D eigenvalue weighted by molar-refractivity contribution is -0.154. The molecule has 1 N–H and O–H groups in total. The van der Waals surface area contributed by atoms with Crippen LogP contribution in [-0.2, 0) is 14.3 Å². The first kappa shape index (κ1) is 50.6. The van der Waals surface area contributed by atoms with Gasteiger partial charge in [0.1, 0.15) is 6.10 Å². The fourth-order valence-electron chi connectivity index (χ4n) is 5.91. The Labute approximate surface area is 329 Å². The van der Waals surface area contributed by atoms with Crippen LogP contribution in [0.4, 0.5) is 0 Å². The Balaban J connectivity index is 3.52. The van der Waals surface area contributed by atoms with Gasteiger partial charge in [-0.2, -0.15) is 0 Å². The van der Waals surface area contributed by atoms with E-state index in [9.17, 15) is 9.90 Å². The van der Waals surface area contributed by atoms with Crippen molar-refractivity contribution in [2.45, 2.75) is 200 Å². The first-order valence-electron chi connectivity index (χ1n) is 22.2. The summed E-state index contributed by atoms with van der Waals surface area (Å²) in [4.78, 5) is 12.2. The molecule has 0 aliphatic heterocycles. The number of unbranched alkanes of at least 4 members (excludes halogenated alkanes) is 18. The molecule has 0 aromatic carbocycles. The van der Waals surface area contributed by atoms with Crippen LogP contribution < -0.4 is 0 Å². The molecule has 1 atom stereocenters. The maximum Gasteiger partial charge on any atom is 0.306 e. The molecule has 304 valence electrons. The normalized spacial score (nSPS) is 13.2. The van der Waals surface area contributed by atoms with E-state index >= 15 is 0 Å². The van der Waals surface area contributed by atoms with E-state index in [1.807, 2.05) is 0 Å². The van der Waals surface area contributed by atoms with E-state index in [1.54, 1.807) is 0 Å². The van der Waals surface area contributed by atoms with Crippen LogP contribution in [0.3, 0.4) is 0 Å². The van der Waals surface area contributed by atoms with Gasteiger partial charge in [0.15, 0.2) is 0 Å². The van der Waals surface area contributed by atoms with Gasteiger partial charge in [-0.1, -0.05) is 182 Å². The molecule has 4 nitrogen and oxygen atoms in total. The molecule has 0 rings (SSSR count). The minimum Gasteiger partial charge on any atom is -0.457 e. The number of aliphatic hydroxyl groups is 1. The molecule has 53 heavy (non-hydrogen) atoms. The van der Waals surface area contributed by atoms with Gasteiger partial charge in [-0.3, -0.25) is 4.79 Å². The number of allylic oxidation sites excluding steroid dienone is 14. The average molecular weight is 737 g/mol. The second kappa shape index (κ2) is 45.7. The molecular weight excluding hydrogens is 653 g/mol. The Morgan fingerprint density at radius 3 is 1.28 bits per heavy atom. The maximum atomic E-state index is 12.2. The van der Waals surface area contributed by atoms with Gasteiger partial charge >= 0.3 is 5.97 Å². The van der Waals surface area contributed by atoms with E-state index in [4.69, 9.17) is 9.47 Å². The van der Waals surface area contributed by atoms with Gasteiger partial charge in [0, 0.05) is 13.0 Å². The van der Waals surface area contributed by atoms with Crippen molar-refractivity contribution < 1.29 is 19.4 Å². The van der Waals surface area contributed by atoms with Gasteiger partial charge in [0.25, 0.3) is 0 Å². The molecule has 0 aliphatic carbocycles. The number of carbonyl (C=O) groups is 1. The Morgan fingerprint density at radius 2 is 0.849 bits per heavy atom. The predicted molar refractivity (Wildman–Crippen MR) is 232 cm³/mol. The number of carbonyl (C=O) groups excluding carboxylic acids is 1. The second-order valence-corrected chi connectivity index (χ2v) is 14.4. The zero-order chi connectivity index (χ0) is 38.4. The predicted octanol–water partition coefficient (Wildman–Crippen LogP) is 14.8. The molecule has 0 amide bonds. The largest absolute Gasteiger partial charge is 0.457 e. The molecule has 1 unspecified atom stereocenters. The van der Waals surface area contributed by atoms with Crippen molar-refractivity contribution in [2.24, 2.45) is 0 Å². The van der Waals surface area contributed by atoms with Crippen molar-refractivity contribution in [3.05, 3.63) is 85.1 Å². The molecule has 0 bridgehead atoms. The maximum absolute atomic E-state index is 12.2. The zero-order valence-electron chi connectivity index (χ0n) is 34.8. The summed E-state index contributed by atoms with van der Waals surface area (Å²) in [5.41, 5.74) is 0. The molecule has 0 heterocycles. The standard InChI is InChI=1S/C49H84O4/c1-3-5-7-9-11-13-15-17-19-21-23-25-26-28-30-32-34-36-38-40-42-44-49(51)53-48(46-50)47-52-45-43-41-39-37-35-33-31-29-27-24-22-20-18-16-14-12-10-8-6-4-2/h6,8,12,14-15,17-18,20-21,23-24,26-28,48,50H,3-5,7,9-11,13,16,19,22,25,29-47H2,1-2H3/b8-6-,14-12-,17-15-,20-18-,23-21-,27-24-,28-26-. The molecule has 0 fully saturated rings. The summed E-state index contributed by atoms with van der Waals surface area (Å²) in [6.45, 7) is 5.18. The Hall–Kier alpha value is -2.43. The lowest BCUT2D eigenvalue weighted by Crippen LogP contribution is -2.27. The number of hydrogen-bond acceptors (Lipinski definition) is 4. The third-order valence-corrected chi connectivity index (χ3v) is 9.20. The van der Waals surface area contributed by atoms with Crippen molar-refractivity contribution in [1.82, 2.24) is 0 Å². The summed E-state index contributed by atoms with van der Waals surface area (Å²) in [5.74, 6) is -0.220. The van der Waals surface area contributed by atoms with Gasteiger partial charge in [-0.25, -0.2) is 0 Å². The fraction of sp³-hybridized carbons (Fsp3) is 0.694. The smallest absolute Gasteiger partial charge is 0.306 e. The van der Waals surface area contributed by atoms with Crippen molar-refractivity contribution in [3.63, 3.8) is 0 Å². The molecule has 0 saturated carbocycles. The van der Waals surface area contributed by atoms with Crippen LogP contribution in [0.15, 0.2) is 85.1 Å². The van der Waals surface area contributed by atoms with Gasteiger partial charge in [-0.15, -0.1) is 0 Å². The molecular formula is C49H84O4. The molecule has 0 aromatic rings. The van der Waals surface area contributed by atoms with Gasteiger partial charge in [0.2, 0.25) is 0 Å². The lowest BCUT2D eigenvalue weighted by Gasteiger charge is -2.15. The van der Waals surface area contributed by atoms with Crippen LogP contribution in [0.5, 0.6) is 0 Å². The first-order valence-corrected chi connectivity index (χ1v) is 22.2. The SMILES string of the molecule is CC/C=C\C/C=C\C/C=C\C/C=C\CCCCCCCCCOCC(CO)OC(=O)CCCCCCCC/C=C\C/C=C\C/C=C\CCCCCCC. The molecule has 0 aliphatic rings. The topological polar surface area (TPSA) is 55.8 Å². The highest BCUT2D eigenvalue weighted by atomic mass is 16.6. The van der Waals surface area contributed by atoms with Crippen LogP contribution in [0.2, 0.25) is 0 Å². The van der Waals surface area contributed by atoms with E-state index in [2.05, 4.69) is 98.9 Å². The van der Waals surface area contributed by atoms with E-state index in [-0.39, 0.29) is 19.2 Å². The monoisotopic (exact) mass is 737 g/mol. The van der Waals surface area contributed by atoms with Crippen molar-refractivity contribution in [1.29, 1.82) is 0 Å². The number of hydrogen-bond donors (Lipinski definition) is 1. The summed E-state index contributed by atoms with van der Waals surface area (Å²) in [5, 5.41) is 9.61.